The van der Waals surface area contributed by atoms with Gasteiger partial charge >= 0.3 is 0 Å². The fraction of sp³-hybridized carbons (Fsp3) is 0.643. The van der Waals surface area contributed by atoms with E-state index in [9.17, 15) is 4.79 Å². The number of rotatable bonds is 4. The molecule has 1 aliphatic rings. The molecule has 1 nitrogen and oxygen atoms in total. The van der Waals surface area contributed by atoms with Gasteiger partial charge < -0.3 is 0 Å². The first-order chi connectivity index (χ1) is 7.09. The summed E-state index contributed by atoms with van der Waals surface area (Å²) in [5.41, 5.74) is 1.40. The number of hydrogen-bond donors (Lipinski definition) is 0. The van der Waals surface area contributed by atoms with Crippen LogP contribution >= 0.6 is 0 Å². The number of carbonyl (C=O) groups is 1. The van der Waals surface area contributed by atoms with Crippen LogP contribution in [0, 0.1) is 11.8 Å². The molecule has 2 atom stereocenters. The van der Waals surface area contributed by atoms with Crippen molar-refractivity contribution in [1.29, 1.82) is 0 Å². The molecule has 0 spiro atoms. The van der Waals surface area contributed by atoms with E-state index < -0.39 is 0 Å². The van der Waals surface area contributed by atoms with Gasteiger partial charge in [0.2, 0.25) is 0 Å². The zero-order valence-corrected chi connectivity index (χ0v) is 10.1. The Bertz CT molecular complexity index is 269. The van der Waals surface area contributed by atoms with Gasteiger partial charge in [-0.05, 0) is 51.0 Å². The van der Waals surface area contributed by atoms with Crippen LogP contribution in [0.3, 0.4) is 0 Å². The lowest BCUT2D eigenvalue weighted by atomic mass is 9.83. The van der Waals surface area contributed by atoms with E-state index in [-0.39, 0.29) is 0 Å². The zero-order chi connectivity index (χ0) is 11.3. The van der Waals surface area contributed by atoms with Crippen LogP contribution in [-0.4, -0.2) is 5.78 Å². The number of ketones is 1. The van der Waals surface area contributed by atoms with Crippen LogP contribution in [0.2, 0.25) is 0 Å². The molecule has 15 heavy (non-hydrogen) atoms. The van der Waals surface area contributed by atoms with Gasteiger partial charge in [0.15, 0.2) is 5.78 Å². The van der Waals surface area contributed by atoms with Gasteiger partial charge in [-0.15, -0.1) is 0 Å². The third-order valence-electron chi connectivity index (χ3n) is 3.16. The SMILES string of the molecule is CC(C)=CCC[C@H](C)C1C=CC(=O)CC1. The van der Waals surface area contributed by atoms with E-state index in [0.29, 0.717) is 17.6 Å². The Balaban J connectivity index is 2.34. The van der Waals surface area contributed by atoms with Crippen LogP contribution in [0.15, 0.2) is 23.8 Å². The van der Waals surface area contributed by atoms with Crippen molar-refractivity contribution in [2.75, 3.05) is 0 Å². The lowest BCUT2D eigenvalue weighted by Gasteiger charge is -2.22. The summed E-state index contributed by atoms with van der Waals surface area (Å²) in [6, 6.07) is 0. The average Bonchev–Trinajstić information content (AvgIpc) is 2.18. The summed E-state index contributed by atoms with van der Waals surface area (Å²) in [6.07, 6.45) is 10.4. The van der Waals surface area contributed by atoms with E-state index in [2.05, 4.69) is 32.9 Å². The van der Waals surface area contributed by atoms with Crippen LogP contribution in [0.4, 0.5) is 0 Å². The second kappa shape index (κ2) is 5.89. The molecule has 1 rings (SSSR count). The topological polar surface area (TPSA) is 17.1 Å². The minimum Gasteiger partial charge on any atom is -0.295 e. The molecule has 84 valence electrons. The normalized spacial score (nSPS) is 22.6. The first-order valence-corrected chi connectivity index (χ1v) is 5.94. The largest absolute Gasteiger partial charge is 0.295 e. The highest BCUT2D eigenvalue weighted by Gasteiger charge is 2.18. The summed E-state index contributed by atoms with van der Waals surface area (Å²) in [5.74, 6) is 1.61. The van der Waals surface area contributed by atoms with E-state index in [0.717, 1.165) is 12.8 Å². The highest BCUT2D eigenvalue weighted by atomic mass is 16.1. The van der Waals surface area contributed by atoms with Crippen molar-refractivity contribution in [3.8, 4) is 0 Å². The Morgan fingerprint density at radius 2 is 2.33 bits per heavy atom. The Hall–Kier alpha value is -0.850. The smallest absolute Gasteiger partial charge is 0.155 e. The minimum absolute atomic E-state index is 0.294. The van der Waals surface area contributed by atoms with Crippen LogP contribution in [0.5, 0.6) is 0 Å². The van der Waals surface area contributed by atoms with Gasteiger partial charge in [0.1, 0.15) is 0 Å². The third-order valence-corrected chi connectivity index (χ3v) is 3.16. The number of allylic oxidation sites excluding steroid dienone is 4. The predicted octanol–water partition coefficient (Wildman–Crippen LogP) is 3.90. The van der Waals surface area contributed by atoms with Gasteiger partial charge in [0.05, 0.1) is 0 Å². The molecule has 0 bridgehead atoms. The maximum Gasteiger partial charge on any atom is 0.155 e. The van der Waals surface area contributed by atoms with Crippen molar-refractivity contribution in [3.63, 3.8) is 0 Å². The molecule has 0 saturated carbocycles. The molecule has 0 aromatic carbocycles. The summed E-state index contributed by atoms with van der Waals surface area (Å²) in [7, 11) is 0. The van der Waals surface area contributed by atoms with Crippen LogP contribution in [0.25, 0.3) is 0 Å². The summed E-state index contributed by atoms with van der Waals surface area (Å²) < 4.78 is 0. The fourth-order valence-corrected chi connectivity index (χ4v) is 2.04. The Labute approximate surface area is 93.3 Å². The molecule has 0 heterocycles. The lowest BCUT2D eigenvalue weighted by molar-refractivity contribution is -0.115. The Morgan fingerprint density at radius 1 is 1.60 bits per heavy atom. The van der Waals surface area contributed by atoms with Crippen molar-refractivity contribution in [3.05, 3.63) is 23.8 Å². The Morgan fingerprint density at radius 3 is 2.87 bits per heavy atom. The minimum atomic E-state index is 0.294. The highest BCUT2D eigenvalue weighted by Crippen LogP contribution is 2.26. The van der Waals surface area contributed by atoms with Crippen molar-refractivity contribution in [2.24, 2.45) is 11.8 Å². The molecular formula is C14H22O. The van der Waals surface area contributed by atoms with Crippen LogP contribution in [0.1, 0.15) is 46.5 Å². The molecule has 0 aromatic heterocycles. The molecule has 0 fully saturated rings. The molecule has 0 saturated heterocycles. The molecule has 0 amide bonds. The molecule has 1 aliphatic carbocycles. The summed E-state index contributed by atoms with van der Waals surface area (Å²) in [5, 5.41) is 0. The zero-order valence-electron chi connectivity index (χ0n) is 10.1. The summed E-state index contributed by atoms with van der Waals surface area (Å²) in [6.45, 7) is 6.58. The van der Waals surface area contributed by atoms with Crippen molar-refractivity contribution >= 4 is 5.78 Å². The second-order valence-electron chi connectivity index (χ2n) is 4.86. The van der Waals surface area contributed by atoms with Crippen molar-refractivity contribution < 1.29 is 4.79 Å². The summed E-state index contributed by atoms with van der Waals surface area (Å²) >= 11 is 0. The molecule has 0 aliphatic heterocycles. The van der Waals surface area contributed by atoms with E-state index in [4.69, 9.17) is 0 Å². The van der Waals surface area contributed by atoms with Crippen molar-refractivity contribution in [1.82, 2.24) is 0 Å². The fourth-order valence-electron chi connectivity index (χ4n) is 2.04. The van der Waals surface area contributed by atoms with Gasteiger partial charge in [0.25, 0.3) is 0 Å². The average molecular weight is 206 g/mol. The van der Waals surface area contributed by atoms with Crippen LogP contribution in [-0.2, 0) is 4.79 Å². The monoisotopic (exact) mass is 206 g/mol. The van der Waals surface area contributed by atoms with E-state index >= 15 is 0 Å². The molecule has 1 heteroatoms. The number of carbonyl (C=O) groups excluding carboxylic acids is 1. The van der Waals surface area contributed by atoms with Gasteiger partial charge in [-0.3, -0.25) is 4.79 Å². The second-order valence-corrected chi connectivity index (χ2v) is 4.86. The highest BCUT2D eigenvalue weighted by molar-refractivity contribution is 5.90. The third kappa shape index (κ3) is 4.46. The summed E-state index contributed by atoms with van der Waals surface area (Å²) in [4.78, 5) is 11.0. The van der Waals surface area contributed by atoms with E-state index in [1.807, 2.05) is 0 Å². The molecule has 0 N–H and O–H groups in total. The van der Waals surface area contributed by atoms with Crippen LogP contribution < -0.4 is 0 Å². The van der Waals surface area contributed by atoms with Gasteiger partial charge in [-0.2, -0.15) is 0 Å². The molecule has 0 radical (unpaired) electrons. The van der Waals surface area contributed by atoms with Gasteiger partial charge in [-0.1, -0.05) is 24.6 Å². The molecule has 0 aromatic rings. The number of hydrogen-bond acceptors (Lipinski definition) is 1. The lowest BCUT2D eigenvalue weighted by Crippen LogP contribution is -2.15. The van der Waals surface area contributed by atoms with E-state index in [1.165, 1.54) is 18.4 Å². The molecule has 1 unspecified atom stereocenters. The standard InChI is InChI=1S/C14H22O/c1-11(2)5-4-6-12(3)13-7-9-14(15)10-8-13/h5,7,9,12-13H,4,6,8,10H2,1-3H3/t12-,13?/m0/s1. The van der Waals surface area contributed by atoms with Crippen molar-refractivity contribution in [2.45, 2.75) is 46.5 Å². The Kier molecular flexibility index (Phi) is 4.80. The first kappa shape index (κ1) is 12.2. The first-order valence-electron chi connectivity index (χ1n) is 5.94. The quantitative estimate of drug-likeness (QED) is 0.637. The maximum absolute atomic E-state index is 11.0. The maximum atomic E-state index is 11.0. The van der Waals surface area contributed by atoms with Gasteiger partial charge in [0, 0.05) is 6.42 Å². The predicted molar refractivity (Wildman–Crippen MR) is 64.7 cm³/mol. The molecular weight excluding hydrogens is 184 g/mol. The van der Waals surface area contributed by atoms with E-state index in [1.54, 1.807) is 6.08 Å². The van der Waals surface area contributed by atoms with Gasteiger partial charge in [-0.25, -0.2) is 0 Å².